The van der Waals surface area contributed by atoms with Crippen molar-refractivity contribution in [3.8, 4) is 0 Å². The first-order valence-electron chi connectivity index (χ1n) is 8.99. The minimum atomic E-state index is -0.524. The lowest BCUT2D eigenvalue weighted by Crippen LogP contribution is -2.49. The second-order valence-electron chi connectivity index (χ2n) is 7.61. The fourth-order valence-corrected chi connectivity index (χ4v) is 3.73. The number of amides is 2. The number of nitrogens with one attached hydrogen (secondary N) is 4. The zero-order valence-electron chi connectivity index (χ0n) is 14.7. The lowest BCUT2D eigenvalue weighted by Gasteiger charge is -2.33. The summed E-state index contributed by atoms with van der Waals surface area (Å²) in [5, 5.41) is 2.82. The summed E-state index contributed by atoms with van der Waals surface area (Å²) in [6, 6.07) is 1.26. The highest BCUT2D eigenvalue weighted by Gasteiger charge is 2.45. The van der Waals surface area contributed by atoms with Gasteiger partial charge in [-0.2, -0.15) is 0 Å². The average molecular weight is 343 g/mol. The number of rotatable bonds is 3. The standard InChI is InChI=1S/C18H25N5O2/c1-11-9-13-10-14(20-15(13)22-21-11)16(24)19-12(2)17(25)23-7-5-18(3-4-18)6-8-23/h9-10,12,20-22H,3-8H2,1-2H3,(H,19,24)/t12-/m1/s1. The van der Waals surface area contributed by atoms with Crippen molar-refractivity contribution in [2.24, 2.45) is 5.41 Å². The van der Waals surface area contributed by atoms with Crippen LogP contribution in [0.25, 0.3) is 6.08 Å². The van der Waals surface area contributed by atoms with Crippen LogP contribution >= 0.6 is 0 Å². The predicted octanol–water partition coefficient (Wildman–Crippen LogP) is 1.83. The van der Waals surface area contributed by atoms with Gasteiger partial charge in [-0.3, -0.25) is 15.0 Å². The molecule has 3 heterocycles. The van der Waals surface area contributed by atoms with Gasteiger partial charge in [0.2, 0.25) is 5.91 Å². The molecule has 0 radical (unpaired) electrons. The molecule has 3 aliphatic rings. The Morgan fingerprint density at radius 1 is 1.20 bits per heavy atom. The third-order valence-corrected chi connectivity index (χ3v) is 5.66. The van der Waals surface area contributed by atoms with Crippen LogP contribution in [-0.2, 0) is 4.79 Å². The smallest absolute Gasteiger partial charge is 0.268 e. The molecule has 4 N–H and O–H groups in total. The van der Waals surface area contributed by atoms with Crippen molar-refractivity contribution in [3.05, 3.63) is 23.0 Å². The third kappa shape index (κ3) is 3.10. The number of carbonyl (C=O) groups excluding carboxylic acids is 2. The highest BCUT2D eigenvalue weighted by atomic mass is 16.2. The number of H-pyrrole nitrogens is 1. The maximum absolute atomic E-state index is 12.6. The first-order chi connectivity index (χ1) is 12.0. The second-order valence-corrected chi connectivity index (χ2v) is 7.61. The van der Waals surface area contributed by atoms with E-state index in [2.05, 4.69) is 21.2 Å². The fraction of sp³-hybridized carbons (Fsp3) is 0.556. The Hall–Kier alpha value is -2.44. The number of aromatic nitrogens is 1. The number of piperidine rings is 1. The van der Waals surface area contributed by atoms with E-state index in [-0.39, 0.29) is 11.8 Å². The minimum Gasteiger partial charge on any atom is -0.341 e. The van der Waals surface area contributed by atoms with Crippen LogP contribution in [0.4, 0.5) is 5.82 Å². The molecule has 1 saturated carbocycles. The zero-order valence-corrected chi connectivity index (χ0v) is 14.7. The predicted molar refractivity (Wildman–Crippen MR) is 95.6 cm³/mol. The van der Waals surface area contributed by atoms with Crippen LogP contribution in [0.1, 0.15) is 55.6 Å². The van der Waals surface area contributed by atoms with E-state index >= 15 is 0 Å². The van der Waals surface area contributed by atoms with Crippen LogP contribution in [0.15, 0.2) is 11.8 Å². The van der Waals surface area contributed by atoms with Gasteiger partial charge >= 0.3 is 0 Å². The number of aromatic amines is 1. The Bertz CT molecular complexity index is 737. The quantitative estimate of drug-likeness (QED) is 0.674. The molecule has 2 amide bonds. The molecule has 4 rings (SSSR count). The summed E-state index contributed by atoms with van der Waals surface area (Å²) < 4.78 is 0. The Kier molecular flexibility index (Phi) is 3.74. The monoisotopic (exact) mass is 343 g/mol. The molecular weight excluding hydrogens is 318 g/mol. The van der Waals surface area contributed by atoms with E-state index in [9.17, 15) is 9.59 Å². The van der Waals surface area contributed by atoms with Gasteiger partial charge < -0.3 is 20.6 Å². The molecular formula is C18H25N5O2. The van der Waals surface area contributed by atoms with E-state index in [1.165, 1.54) is 12.8 Å². The molecule has 1 spiro atoms. The Morgan fingerprint density at radius 2 is 1.92 bits per heavy atom. The van der Waals surface area contributed by atoms with Gasteiger partial charge in [-0.05, 0) is 57.1 Å². The molecule has 0 bridgehead atoms. The molecule has 7 nitrogen and oxygen atoms in total. The van der Waals surface area contributed by atoms with Gasteiger partial charge in [0.1, 0.15) is 17.6 Å². The summed E-state index contributed by atoms with van der Waals surface area (Å²) in [6.07, 6.45) is 6.79. The lowest BCUT2D eigenvalue weighted by molar-refractivity contribution is -0.134. The first kappa shape index (κ1) is 16.1. The second kappa shape index (κ2) is 5.82. The molecule has 2 aliphatic heterocycles. The Labute approximate surface area is 147 Å². The summed E-state index contributed by atoms with van der Waals surface area (Å²) in [6.45, 7) is 5.33. The molecule has 25 heavy (non-hydrogen) atoms. The molecule has 1 aliphatic carbocycles. The van der Waals surface area contributed by atoms with Crippen LogP contribution in [0, 0.1) is 5.41 Å². The number of fused-ring (bicyclic) bond motifs is 1. The van der Waals surface area contributed by atoms with Crippen molar-refractivity contribution in [1.29, 1.82) is 0 Å². The first-order valence-corrected chi connectivity index (χ1v) is 8.99. The van der Waals surface area contributed by atoms with Gasteiger partial charge in [0.15, 0.2) is 0 Å². The maximum Gasteiger partial charge on any atom is 0.268 e. The largest absolute Gasteiger partial charge is 0.341 e. The molecule has 2 fully saturated rings. The normalized spacial score (nSPS) is 21.5. The summed E-state index contributed by atoms with van der Waals surface area (Å²) in [5.74, 6) is 0.495. The van der Waals surface area contributed by atoms with Gasteiger partial charge in [0, 0.05) is 24.4 Å². The number of hydrogen-bond donors (Lipinski definition) is 4. The van der Waals surface area contributed by atoms with Crippen LogP contribution in [0.5, 0.6) is 0 Å². The van der Waals surface area contributed by atoms with Gasteiger partial charge in [0.05, 0.1) is 0 Å². The number of nitrogens with zero attached hydrogens (tertiary/aromatic N) is 1. The maximum atomic E-state index is 12.6. The van der Waals surface area contributed by atoms with Crippen LogP contribution < -0.4 is 16.2 Å². The summed E-state index contributed by atoms with van der Waals surface area (Å²) in [4.78, 5) is 30.0. The van der Waals surface area contributed by atoms with Crippen molar-refractivity contribution in [1.82, 2.24) is 20.6 Å². The van der Waals surface area contributed by atoms with Crippen LogP contribution in [-0.4, -0.2) is 40.8 Å². The van der Waals surface area contributed by atoms with Crippen molar-refractivity contribution in [2.45, 2.75) is 45.6 Å². The number of carbonyl (C=O) groups is 2. The number of hydrazine groups is 1. The number of hydrogen-bond acceptors (Lipinski definition) is 4. The van der Waals surface area contributed by atoms with E-state index in [0.717, 1.165) is 43.0 Å². The molecule has 0 aromatic carbocycles. The van der Waals surface area contributed by atoms with Crippen molar-refractivity contribution in [2.75, 3.05) is 18.5 Å². The van der Waals surface area contributed by atoms with Crippen molar-refractivity contribution in [3.63, 3.8) is 0 Å². The Balaban J connectivity index is 1.36. The van der Waals surface area contributed by atoms with E-state index in [1.54, 1.807) is 13.0 Å². The van der Waals surface area contributed by atoms with E-state index < -0.39 is 6.04 Å². The molecule has 134 valence electrons. The molecule has 7 heteroatoms. The molecule has 0 unspecified atom stereocenters. The fourth-order valence-electron chi connectivity index (χ4n) is 3.73. The summed E-state index contributed by atoms with van der Waals surface area (Å²) in [7, 11) is 0. The van der Waals surface area contributed by atoms with Crippen LogP contribution in [0.3, 0.4) is 0 Å². The highest BCUT2D eigenvalue weighted by Crippen LogP contribution is 2.53. The van der Waals surface area contributed by atoms with Crippen molar-refractivity contribution < 1.29 is 9.59 Å². The minimum absolute atomic E-state index is 0.00991. The number of allylic oxidation sites excluding steroid dienone is 1. The average Bonchev–Trinajstić information content (AvgIpc) is 3.21. The van der Waals surface area contributed by atoms with Gasteiger partial charge in [0.25, 0.3) is 5.91 Å². The number of anilines is 1. The highest BCUT2D eigenvalue weighted by molar-refractivity contribution is 5.97. The molecule has 1 aromatic heterocycles. The Morgan fingerprint density at radius 3 is 2.60 bits per heavy atom. The van der Waals surface area contributed by atoms with E-state index in [0.29, 0.717) is 11.1 Å². The summed E-state index contributed by atoms with van der Waals surface area (Å²) >= 11 is 0. The van der Waals surface area contributed by atoms with Gasteiger partial charge in [-0.1, -0.05) is 0 Å². The lowest BCUT2D eigenvalue weighted by atomic mass is 9.93. The molecule has 1 atom stereocenters. The molecule has 1 aromatic rings. The van der Waals surface area contributed by atoms with Crippen molar-refractivity contribution >= 4 is 23.7 Å². The molecule has 1 saturated heterocycles. The van der Waals surface area contributed by atoms with Crippen LogP contribution in [0.2, 0.25) is 0 Å². The zero-order chi connectivity index (χ0) is 17.6. The summed E-state index contributed by atoms with van der Waals surface area (Å²) in [5.41, 5.74) is 8.87. The topological polar surface area (TPSA) is 89.3 Å². The van der Waals surface area contributed by atoms with E-state index in [4.69, 9.17) is 0 Å². The third-order valence-electron chi connectivity index (χ3n) is 5.66. The number of likely N-dealkylation sites (tertiary alicyclic amines) is 1. The SMILES string of the molecule is CC1=Cc2cc(C(=O)N[C@H](C)C(=O)N3CCC4(CC3)CC4)[nH]c2NN1. The van der Waals surface area contributed by atoms with E-state index in [1.807, 2.05) is 17.9 Å². The van der Waals surface area contributed by atoms with Gasteiger partial charge in [-0.15, -0.1) is 0 Å². The van der Waals surface area contributed by atoms with Gasteiger partial charge in [-0.25, -0.2) is 0 Å².